The molecule has 0 saturated heterocycles. The summed E-state index contributed by atoms with van der Waals surface area (Å²) in [6.45, 7) is 8.33. The molecule has 0 saturated carbocycles. The fraction of sp³-hybridized carbons (Fsp3) is 0.238. The van der Waals surface area contributed by atoms with Crippen molar-refractivity contribution in [2.45, 2.75) is 33.2 Å². The van der Waals surface area contributed by atoms with Gasteiger partial charge in [0, 0.05) is 16.7 Å². The molecule has 5 heteroatoms. The zero-order valence-corrected chi connectivity index (χ0v) is 17.6. The van der Waals surface area contributed by atoms with Crippen LogP contribution in [0, 0.1) is 17.7 Å². The molecule has 0 aliphatic carbocycles. The second kappa shape index (κ2) is 6.12. The first-order valence-corrected chi connectivity index (χ1v) is 11.0. The summed E-state index contributed by atoms with van der Waals surface area (Å²) in [4.78, 5) is 16.7. The van der Waals surface area contributed by atoms with E-state index in [9.17, 15) is 4.79 Å². The molecule has 2 nitrogen and oxygen atoms in total. The van der Waals surface area contributed by atoms with Crippen molar-refractivity contribution in [2.24, 2.45) is 0 Å². The Kier molecular flexibility index (Phi) is 4.14. The first kappa shape index (κ1) is 17.6. The lowest BCUT2D eigenvalue weighted by Crippen LogP contribution is -2.48. The molecule has 0 spiro atoms. The lowest BCUT2D eigenvalue weighted by atomic mass is 9.85. The number of rotatable bonds is 1. The van der Waals surface area contributed by atoms with Gasteiger partial charge in [0.1, 0.15) is 3.82 Å². The second-order valence-electron chi connectivity index (χ2n) is 7.19. The summed E-state index contributed by atoms with van der Waals surface area (Å²) in [5.74, 6) is 0.0283. The monoisotopic (exact) mass is 397 g/mol. The van der Waals surface area contributed by atoms with E-state index >= 15 is 0 Å². The maximum atomic E-state index is 13.6. The van der Waals surface area contributed by atoms with Gasteiger partial charge in [-0.15, -0.1) is 0 Å². The molecule has 3 aromatic rings. The molecule has 1 aliphatic rings. The largest absolute Gasteiger partial charge is 0.297 e. The molecule has 0 unspecified atom stereocenters. The van der Waals surface area contributed by atoms with Crippen LogP contribution in [0.1, 0.15) is 40.2 Å². The summed E-state index contributed by atoms with van der Waals surface area (Å²) < 4.78 is 0.910. The topological polar surface area (TPSA) is 20.3 Å². The molecule has 26 heavy (non-hydrogen) atoms. The molecule has 4 rings (SSSR count). The Hall–Kier alpha value is -1.82. The van der Waals surface area contributed by atoms with Crippen LogP contribution in [0.4, 0.5) is 5.69 Å². The van der Waals surface area contributed by atoms with Gasteiger partial charge in [-0.1, -0.05) is 68.8 Å². The standard InChI is InChI=1S/C21H19NOS3/c1-12-8-10-14(11-9-12)19(23)22-17-13(2)6-5-7-15(17)16-18(21(22,3)4)25-26-20(16)24/h5-11H,1-4H3. The molecule has 0 bridgehead atoms. The van der Waals surface area contributed by atoms with Crippen LogP contribution in [0.5, 0.6) is 0 Å². The van der Waals surface area contributed by atoms with Crippen LogP contribution in [0.25, 0.3) is 11.1 Å². The molecule has 0 N–H and O–H groups in total. The van der Waals surface area contributed by atoms with Gasteiger partial charge < -0.3 is 0 Å². The van der Waals surface area contributed by atoms with Crippen molar-refractivity contribution in [1.29, 1.82) is 0 Å². The van der Waals surface area contributed by atoms with E-state index in [0.717, 1.165) is 31.8 Å². The lowest BCUT2D eigenvalue weighted by Gasteiger charge is -2.43. The normalized spacial score (nSPS) is 14.7. The predicted octanol–water partition coefficient (Wildman–Crippen LogP) is 6.72. The maximum absolute atomic E-state index is 13.6. The van der Waals surface area contributed by atoms with Crippen LogP contribution >= 0.6 is 32.9 Å². The van der Waals surface area contributed by atoms with Crippen molar-refractivity contribution in [3.8, 4) is 11.1 Å². The average Bonchev–Trinajstić information content (AvgIpc) is 2.99. The SMILES string of the molecule is Cc1ccc(C(=O)N2c3c(C)cccc3-c3c(ssc3=S)C2(C)C)cc1. The number of benzene rings is 2. The number of carbonyl (C=O) groups excluding carboxylic acids is 1. The van der Waals surface area contributed by atoms with Gasteiger partial charge in [0.05, 0.1) is 16.1 Å². The summed E-state index contributed by atoms with van der Waals surface area (Å²) in [6, 6.07) is 14.0. The van der Waals surface area contributed by atoms with E-state index in [0.29, 0.717) is 5.56 Å². The van der Waals surface area contributed by atoms with Crippen molar-refractivity contribution in [3.63, 3.8) is 0 Å². The summed E-state index contributed by atoms with van der Waals surface area (Å²) in [5.41, 5.74) is 5.68. The molecule has 0 radical (unpaired) electrons. The van der Waals surface area contributed by atoms with Gasteiger partial charge >= 0.3 is 0 Å². The number of carbonyl (C=O) groups is 1. The van der Waals surface area contributed by atoms with Crippen LogP contribution in [-0.4, -0.2) is 5.91 Å². The highest BCUT2D eigenvalue weighted by molar-refractivity contribution is 7.80. The average molecular weight is 398 g/mol. The van der Waals surface area contributed by atoms with Crippen LogP contribution in [-0.2, 0) is 5.54 Å². The van der Waals surface area contributed by atoms with Crippen molar-refractivity contribution in [1.82, 2.24) is 0 Å². The van der Waals surface area contributed by atoms with E-state index in [1.54, 1.807) is 20.7 Å². The zero-order chi connectivity index (χ0) is 18.6. The Labute approximate surface area is 166 Å². The third-order valence-corrected chi connectivity index (χ3v) is 8.31. The highest BCUT2D eigenvalue weighted by atomic mass is 32.9. The number of fused-ring (bicyclic) bond motifs is 3. The van der Waals surface area contributed by atoms with Crippen LogP contribution in [0.2, 0.25) is 0 Å². The van der Waals surface area contributed by atoms with E-state index in [4.69, 9.17) is 12.2 Å². The number of aryl methyl sites for hydroxylation is 2. The number of para-hydroxylation sites is 1. The van der Waals surface area contributed by atoms with E-state index in [2.05, 4.69) is 32.9 Å². The Morgan fingerprint density at radius 2 is 1.73 bits per heavy atom. The summed E-state index contributed by atoms with van der Waals surface area (Å²) in [6.07, 6.45) is 0. The van der Waals surface area contributed by atoms with Crippen molar-refractivity contribution < 1.29 is 4.79 Å². The number of nitrogens with zero attached hydrogens (tertiary/aromatic N) is 1. The second-order valence-corrected chi connectivity index (χ2v) is 10.0. The van der Waals surface area contributed by atoms with Crippen LogP contribution in [0.15, 0.2) is 42.5 Å². The number of hydrogen-bond donors (Lipinski definition) is 0. The summed E-state index contributed by atoms with van der Waals surface area (Å²) >= 11 is 5.63. The van der Waals surface area contributed by atoms with Crippen molar-refractivity contribution in [2.75, 3.05) is 4.90 Å². The van der Waals surface area contributed by atoms with Crippen LogP contribution in [0.3, 0.4) is 0 Å². The Balaban J connectivity index is 2.00. The maximum Gasteiger partial charge on any atom is 0.259 e. The predicted molar refractivity (Wildman–Crippen MR) is 114 cm³/mol. The smallest absolute Gasteiger partial charge is 0.259 e. The fourth-order valence-corrected chi connectivity index (χ4v) is 6.90. The third-order valence-electron chi connectivity index (χ3n) is 4.98. The zero-order valence-electron chi connectivity index (χ0n) is 15.1. The molecule has 1 amide bonds. The van der Waals surface area contributed by atoms with Crippen molar-refractivity contribution >= 4 is 44.5 Å². The minimum atomic E-state index is -0.450. The number of amides is 1. The van der Waals surface area contributed by atoms with Gasteiger partial charge in [-0.05, 0) is 45.4 Å². The fourth-order valence-electron chi connectivity index (χ4n) is 3.61. The molecule has 2 heterocycles. The van der Waals surface area contributed by atoms with Gasteiger partial charge in [0.15, 0.2) is 0 Å². The van der Waals surface area contributed by atoms with E-state index < -0.39 is 5.54 Å². The molecular formula is C21H19NOS3. The minimum Gasteiger partial charge on any atom is -0.297 e. The quantitative estimate of drug-likeness (QED) is 0.336. The molecule has 2 aromatic carbocycles. The van der Waals surface area contributed by atoms with E-state index in [-0.39, 0.29) is 5.91 Å². The number of anilines is 1. The van der Waals surface area contributed by atoms with Crippen molar-refractivity contribution in [3.05, 3.63) is 67.9 Å². The van der Waals surface area contributed by atoms with Crippen LogP contribution < -0.4 is 4.90 Å². The lowest BCUT2D eigenvalue weighted by molar-refractivity contribution is 0.0961. The highest BCUT2D eigenvalue weighted by Gasteiger charge is 2.43. The van der Waals surface area contributed by atoms with Gasteiger partial charge in [0.2, 0.25) is 0 Å². The Morgan fingerprint density at radius 1 is 1.04 bits per heavy atom. The van der Waals surface area contributed by atoms with Gasteiger partial charge in [0.25, 0.3) is 5.91 Å². The molecular weight excluding hydrogens is 378 g/mol. The van der Waals surface area contributed by atoms with Gasteiger partial charge in [-0.2, -0.15) is 0 Å². The molecule has 0 atom stereocenters. The van der Waals surface area contributed by atoms with Gasteiger partial charge in [-0.3, -0.25) is 9.69 Å². The number of hydrogen-bond acceptors (Lipinski definition) is 4. The third kappa shape index (κ3) is 2.49. The highest BCUT2D eigenvalue weighted by Crippen LogP contribution is 2.53. The molecule has 132 valence electrons. The summed E-state index contributed by atoms with van der Waals surface area (Å²) in [7, 11) is 3.31. The first-order chi connectivity index (χ1) is 12.3. The summed E-state index contributed by atoms with van der Waals surface area (Å²) in [5, 5.41) is 0. The van der Waals surface area contributed by atoms with E-state index in [1.807, 2.05) is 42.2 Å². The van der Waals surface area contributed by atoms with Gasteiger partial charge in [-0.25, -0.2) is 0 Å². The molecule has 1 aliphatic heterocycles. The van der Waals surface area contributed by atoms with E-state index in [1.165, 1.54) is 4.88 Å². The minimum absolute atomic E-state index is 0.0283. The molecule has 0 fully saturated rings. The Morgan fingerprint density at radius 3 is 2.42 bits per heavy atom. The Bertz CT molecular complexity index is 1070. The first-order valence-electron chi connectivity index (χ1n) is 8.47. The molecule has 1 aromatic heterocycles.